The number of rotatable bonds is 2. The minimum absolute atomic E-state index is 0.0561. The highest BCUT2D eigenvalue weighted by atomic mass is 35.5. The lowest BCUT2D eigenvalue weighted by molar-refractivity contribution is 0.623. The van der Waals surface area contributed by atoms with Gasteiger partial charge >= 0.3 is 0 Å². The Morgan fingerprint density at radius 1 is 1.27 bits per heavy atom. The number of hydrogen-bond acceptors (Lipinski definition) is 3. The summed E-state index contributed by atoms with van der Waals surface area (Å²) < 4.78 is 21.1. The van der Waals surface area contributed by atoms with E-state index in [-0.39, 0.29) is 10.9 Å². The number of benzene rings is 1. The van der Waals surface area contributed by atoms with E-state index in [4.69, 9.17) is 23.2 Å². The van der Waals surface area contributed by atoms with Crippen LogP contribution in [0.25, 0.3) is 0 Å². The predicted octanol–water partition coefficient (Wildman–Crippen LogP) is 3.64. The molecule has 116 valence electrons. The Balaban J connectivity index is 2.02. The van der Waals surface area contributed by atoms with E-state index in [1.807, 2.05) is 0 Å². The number of alkyl halides is 2. The molecule has 2 unspecified atom stereocenters. The summed E-state index contributed by atoms with van der Waals surface area (Å²) in [5, 5.41) is 13.1. The SMILES string of the molecule is CC1=CC=C[N+]([O-])(c2ccc(C3CC3(Cl)Cl)cc2)C1=S(=O)=O. The highest BCUT2D eigenvalue weighted by Gasteiger charge is 2.52. The van der Waals surface area contributed by atoms with E-state index in [0.29, 0.717) is 17.7 Å². The van der Waals surface area contributed by atoms with Gasteiger partial charge in [0.25, 0.3) is 15.3 Å². The minimum Gasteiger partial charge on any atom is -0.616 e. The first kappa shape index (κ1) is 15.8. The van der Waals surface area contributed by atoms with Gasteiger partial charge in [0, 0.05) is 23.6 Å². The maximum absolute atomic E-state index is 13.1. The third kappa shape index (κ3) is 2.53. The summed E-state index contributed by atoms with van der Waals surface area (Å²) in [6.45, 7) is 1.60. The van der Waals surface area contributed by atoms with Crippen molar-refractivity contribution in [1.29, 1.82) is 0 Å². The van der Waals surface area contributed by atoms with Crippen molar-refractivity contribution in [2.75, 3.05) is 0 Å². The average molecular weight is 358 g/mol. The number of hydroxylamine groups is 2. The fourth-order valence-electron chi connectivity index (χ4n) is 2.66. The van der Waals surface area contributed by atoms with Crippen LogP contribution in [-0.2, 0) is 10.3 Å². The second-order valence-electron chi connectivity index (χ2n) is 5.50. The molecule has 1 aromatic rings. The molecular formula is C15H13Cl2NO3S. The first-order valence-corrected chi connectivity index (χ1v) is 8.50. The van der Waals surface area contributed by atoms with Gasteiger partial charge in [0.2, 0.25) is 0 Å². The van der Waals surface area contributed by atoms with Crippen molar-refractivity contribution in [2.24, 2.45) is 0 Å². The molecule has 1 aliphatic heterocycles. The summed E-state index contributed by atoms with van der Waals surface area (Å²) >= 11 is 12.1. The van der Waals surface area contributed by atoms with Crippen LogP contribution in [0.2, 0.25) is 0 Å². The number of hydrogen-bond donors (Lipinski definition) is 0. The average Bonchev–Trinajstić information content (AvgIpc) is 3.07. The van der Waals surface area contributed by atoms with Crippen LogP contribution in [0.1, 0.15) is 24.8 Å². The largest absolute Gasteiger partial charge is 0.616 e. The number of nitrogens with zero attached hydrogens (tertiary/aromatic N) is 1. The maximum Gasteiger partial charge on any atom is 0.277 e. The molecule has 1 heterocycles. The summed E-state index contributed by atoms with van der Waals surface area (Å²) in [6, 6.07) is 6.80. The molecule has 22 heavy (non-hydrogen) atoms. The van der Waals surface area contributed by atoms with Gasteiger partial charge in [0.05, 0.1) is 0 Å². The second-order valence-corrected chi connectivity index (χ2v) is 7.90. The first-order valence-electron chi connectivity index (χ1n) is 6.67. The van der Waals surface area contributed by atoms with Crippen molar-refractivity contribution < 1.29 is 8.42 Å². The number of quaternary nitrogens is 1. The molecule has 0 spiro atoms. The van der Waals surface area contributed by atoms with Crippen LogP contribution in [0, 0.1) is 5.21 Å². The molecule has 1 fully saturated rings. The third-order valence-electron chi connectivity index (χ3n) is 3.94. The van der Waals surface area contributed by atoms with Crippen LogP contribution in [0.5, 0.6) is 0 Å². The van der Waals surface area contributed by atoms with Crippen molar-refractivity contribution in [3.8, 4) is 0 Å². The van der Waals surface area contributed by atoms with E-state index in [9.17, 15) is 13.6 Å². The summed E-state index contributed by atoms with van der Waals surface area (Å²) in [6.07, 6.45) is 5.15. The van der Waals surface area contributed by atoms with E-state index in [1.165, 1.54) is 6.20 Å². The Labute approximate surface area is 140 Å². The lowest BCUT2D eigenvalue weighted by atomic mass is 10.1. The molecule has 0 amide bonds. The van der Waals surface area contributed by atoms with E-state index in [1.54, 1.807) is 43.3 Å². The van der Waals surface area contributed by atoms with Gasteiger partial charge in [-0.15, -0.1) is 23.2 Å². The molecule has 3 rings (SSSR count). The van der Waals surface area contributed by atoms with E-state index in [0.717, 1.165) is 5.56 Å². The molecule has 7 heteroatoms. The molecular weight excluding hydrogens is 345 g/mol. The topological polar surface area (TPSA) is 57.2 Å². The Kier molecular flexibility index (Phi) is 3.74. The van der Waals surface area contributed by atoms with Crippen LogP contribution < -0.4 is 4.65 Å². The van der Waals surface area contributed by atoms with E-state index < -0.39 is 19.3 Å². The molecule has 0 radical (unpaired) electrons. The second kappa shape index (κ2) is 5.22. The van der Waals surface area contributed by atoms with Crippen LogP contribution in [0.4, 0.5) is 5.69 Å². The van der Waals surface area contributed by atoms with Gasteiger partial charge in [-0.05, 0) is 31.1 Å². The zero-order valence-corrected chi connectivity index (χ0v) is 14.0. The Hall–Kier alpha value is -1.11. The van der Waals surface area contributed by atoms with Crippen molar-refractivity contribution in [3.63, 3.8) is 0 Å². The fourth-order valence-corrected chi connectivity index (χ4v) is 3.94. The Bertz CT molecular complexity index is 817. The van der Waals surface area contributed by atoms with E-state index in [2.05, 4.69) is 0 Å². The van der Waals surface area contributed by atoms with Crippen LogP contribution in [0.3, 0.4) is 0 Å². The van der Waals surface area contributed by atoms with Gasteiger partial charge in [0.15, 0.2) is 0 Å². The molecule has 1 aliphatic carbocycles. The van der Waals surface area contributed by atoms with Crippen molar-refractivity contribution in [1.82, 2.24) is 4.65 Å². The molecule has 2 aliphatic rings. The lowest BCUT2D eigenvalue weighted by Crippen LogP contribution is -2.46. The molecule has 1 aromatic carbocycles. The summed E-state index contributed by atoms with van der Waals surface area (Å²) in [5.74, 6) is 0.0561. The van der Waals surface area contributed by atoms with Crippen molar-refractivity contribution >= 4 is 44.2 Å². The molecule has 0 aromatic heterocycles. The van der Waals surface area contributed by atoms with Crippen LogP contribution >= 0.6 is 23.2 Å². The van der Waals surface area contributed by atoms with Gasteiger partial charge in [-0.2, -0.15) is 8.42 Å². The maximum atomic E-state index is 13.1. The molecule has 0 N–H and O–H groups in total. The number of allylic oxidation sites excluding steroid dienone is 2. The summed E-state index contributed by atoms with van der Waals surface area (Å²) in [7, 11) is -2.60. The monoisotopic (exact) mass is 357 g/mol. The zero-order valence-electron chi connectivity index (χ0n) is 11.7. The lowest BCUT2D eigenvalue weighted by Gasteiger charge is -2.38. The Morgan fingerprint density at radius 3 is 2.36 bits per heavy atom. The van der Waals surface area contributed by atoms with Crippen LogP contribution in [-0.4, -0.2) is 17.7 Å². The number of halogens is 2. The molecule has 4 nitrogen and oxygen atoms in total. The van der Waals surface area contributed by atoms with Gasteiger partial charge in [0.1, 0.15) is 16.2 Å². The van der Waals surface area contributed by atoms with Gasteiger partial charge < -0.3 is 5.21 Å². The van der Waals surface area contributed by atoms with Gasteiger partial charge in [-0.3, -0.25) is 4.65 Å². The van der Waals surface area contributed by atoms with Gasteiger partial charge in [-0.25, -0.2) is 0 Å². The summed E-state index contributed by atoms with van der Waals surface area (Å²) in [5.41, 5.74) is 1.69. The Morgan fingerprint density at radius 2 is 1.86 bits per heavy atom. The normalized spacial score (nSPS) is 29.2. The molecule has 1 saturated carbocycles. The highest BCUT2D eigenvalue weighted by molar-refractivity contribution is 7.73. The molecule has 0 bridgehead atoms. The zero-order chi connectivity index (χ0) is 16.1. The van der Waals surface area contributed by atoms with E-state index >= 15 is 0 Å². The molecule has 0 saturated heterocycles. The first-order chi connectivity index (χ1) is 10.3. The fraction of sp³-hybridized carbons (Fsp3) is 0.267. The molecule has 2 atom stereocenters. The van der Waals surface area contributed by atoms with Gasteiger partial charge in [-0.1, -0.05) is 12.1 Å². The third-order valence-corrected chi connectivity index (χ3v) is 5.69. The van der Waals surface area contributed by atoms with Crippen LogP contribution in [0.15, 0.2) is 48.2 Å². The predicted molar refractivity (Wildman–Crippen MR) is 90.2 cm³/mol. The summed E-state index contributed by atoms with van der Waals surface area (Å²) in [4.78, 5) is -0.203. The minimum atomic E-state index is -2.60. The smallest absolute Gasteiger partial charge is 0.277 e. The quantitative estimate of drug-likeness (QED) is 0.351. The standard InChI is InChI=1S/C15H13Cl2NO3S/c1-10-3-2-8-18(19,14(10)22(20)21)12-6-4-11(5-7-12)13-9-15(13,16)17/h2-8,13H,9H2,1H3. The van der Waals surface area contributed by atoms with Crippen molar-refractivity contribution in [2.45, 2.75) is 23.6 Å². The highest BCUT2D eigenvalue weighted by Crippen LogP contribution is 2.59. The van der Waals surface area contributed by atoms with Crippen molar-refractivity contribution in [3.05, 3.63) is 59.0 Å².